The van der Waals surface area contributed by atoms with Crippen LogP contribution in [0.4, 0.5) is 13.2 Å². The number of nitrogens with zero attached hydrogens (tertiary/aromatic N) is 1. The Labute approximate surface area is 109 Å². The van der Waals surface area contributed by atoms with Crippen LogP contribution < -0.4 is 0 Å². The molecule has 0 radical (unpaired) electrons. The summed E-state index contributed by atoms with van der Waals surface area (Å²) in [4.78, 5) is 1.94. The Kier molecular flexibility index (Phi) is 4.44. The van der Waals surface area contributed by atoms with E-state index in [0.29, 0.717) is 31.9 Å². The molecule has 1 aliphatic rings. The lowest BCUT2D eigenvalue weighted by molar-refractivity contribution is -0.137. The van der Waals surface area contributed by atoms with E-state index in [2.05, 4.69) is 0 Å². The Bertz CT molecular complexity index is 423. The molecular weight excluding hydrogens is 259 g/mol. The van der Waals surface area contributed by atoms with Gasteiger partial charge in [-0.25, -0.2) is 0 Å². The van der Waals surface area contributed by atoms with Gasteiger partial charge in [0.15, 0.2) is 0 Å². The van der Waals surface area contributed by atoms with Crippen molar-refractivity contribution in [3.05, 3.63) is 35.4 Å². The maximum absolute atomic E-state index is 12.6. The van der Waals surface area contributed by atoms with E-state index >= 15 is 0 Å². The van der Waals surface area contributed by atoms with E-state index < -0.39 is 11.7 Å². The van der Waals surface area contributed by atoms with Crippen LogP contribution in [0.25, 0.3) is 0 Å². The molecule has 0 saturated carbocycles. The summed E-state index contributed by atoms with van der Waals surface area (Å²) in [5.41, 5.74) is -0.0472. The predicted molar refractivity (Wildman–Crippen MR) is 63.5 cm³/mol. The Balaban J connectivity index is 2.10. The van der Waals surface area contributed by atoms with Gasteiger partial charge in [-0.2, -0.15) is 13.2 Å². The van der Waals surface area contributed by atoms with Crippen molar-refractivity contribution in [2.75, 3.05) is 26.4 Å². The summed E-state index contributed by atoms with van der Waals surface area (Å²) < 4.78 is 43.1. The second kappa shape index (κ2) is 5.90. The number of morpholine rings is 1. The van der Waals surface area contributed by atoms with Crippen LogP contribution in [-0.4, -0.2) is 42.4 Å². The number of hydrogen-bond donors (Lipinski definition) is 1. The van der Waals surface area contributed by atoms with Gasteiger partial charge in [-0.3, -0.25) is 4.90 Å². The van der Waals surface area contributed by atoms with Crippen molar-refractivity contribution in [3.63, 3.8) is 0 Å². The Hall–Kier alpha value is -1.11. The van der Waals surface area contributed by atoms with Crippen LogP contribution in [0.2, 0.25) is 0 Å². The van der Waals surface area contributed by atoms with Gasteiger partial charge < -0.3 is 9.84 Å². The lowest BCUT2D eigenvalue weighted by Crippen LogP contribution is -2.46. The number of halogens is 3. The van der Waals surface area contributed by atoms with Crippen LogP contribution in [0, 0.1) is 0 Å². The molecule has 1 aromatic carbocycles. The molecule has 0 spiro atoms. The van der Waals surface area contributed by atoms with Gasteiger partial charge in [-0.1, -0.05) is 18.2 Å². The van der Waals surface area contributed by atoms with Crippen LogP contribution in [0.1, 0.15) is 11.1 Å². The Morgan fingerprint density at radius 2 is 2.16 bits per heavy atom. The van der Waals surface area contributed by atoms with Crippen LogP contribution in [0.5, 0.6) is 0 Å². The highest BCUT2D eigenvalue weighted by Crippen LogP contribution is 2.29. The highest BCUT2D eigenvalue weighted by Gasteiger charge is 2.30. The van der Waals surface area contributed by atoms with E-state index in [1.165, 1.54) is 6.07 Å². The van der Waals surface area contributed by atoms with Gasteiger partial charge in [0.2, 0.25) is 0 Å². The molecular formula is C13H16F3NO2. The molecule has 3 nitrogen and oxygen atoms in total. The van der Waals surface area contributed by atoms with E-state index in [1.807, 2.05) is 4.90 Å². The van der Waals surface area contributed by atoms with E-state index in [0.717, 1.165) is 12.1 Å². The summed E-state index contributed by atoms with van der Waals surface area (Å²) in [7, 11) is 0. The highest BCUT2D eigenvalue weighted by molar-refractivity contribution is 5.25. The standard InChI is InChI=1S/C13H16F3NO2/c14-13(15,16)11-3-1-2-10(6-11)7-17-4-5-19-9-12(17)8-18/h1-3,6,12,18H,4-5,7-9H2. The summed E-state index contributed by atoms with van der Waals surface area (Å²) in [5.74, 6) is 0. The van der Waals surface area contributed by atoms with Crippen molar-refractivity contribution < 1.29 is 23.0 Å². The molecule has 1 heterocycles. The highest BCUT2D eigenvalue weighted by atomic mass is 19.4. The minimum absolute atomic E-state index is 0.0566. The number of ether oxygens (including phenoxy) is 1. The largest absolute Gasteiger partial charge is 0.416 e. The van der Waals surface area contributed by atoms with Crippen molar-refractivity contribution in [2.45, 2.75) is 18.8 Å². The Morgan fingerprint density at radius 3 is 2.84 bits per heavy atom. The molecule has 19 heavy (non-hydrogen) atoms. The average Bonchev–Trinajstić information content (AvgIpc) is 2.39. The van der Waals surface area contributed by atoms with E-state index in [4.69, 9.17) is 4.74 Å². The first-order valence-electron chi connectivity index (χ1n) is 6.09. The number of alkyl halides is 3. The zero-order valence-electron chi connectivity index (χ0n) is 10.4. The molecule has 0 bridgehead atoms. The van der Waals surface area contributed by atoms with E-state index in [-0.39, 0.29) is 12.6 Å². The third-order valence-electron chi connectivity index (χ3n) is 3.20. The maximum atomic E-state index is 12.6. The topological polar surface area (TPSA) is 32.7 Å². The molecule has 1 N–H and O–H groups in total. The molecule has 1 fully saturated rings. The van der Waals surface area contributed by atoms with Crippen molar-refractivity contribution in [2.24, 2.45) is 0 Å². The number of benzene rings is 1. The fourth-order valence-corrected chi connectivity index (χ4v) is 2.15. The molecule has 0 aliphatic carbocycles. The number of aliphatic hydroxyl groups is 1. The molecule has 1 atom stereocenters. The van der Waals surface area contributed by atoms with Gasteiger partial charge in [-0.05, 0) is 11.6 Å². The molecule has 106 valence electrons. The van der Waals surface area contributed by atoms with Crippen LogP contribution >= 0.6 is 0 Å². The molecule has 1 aromatic rings. The second-order valence-electron chi connectivity index (χ2n) is 4.58. The molecule has 0 amide bonds. The summed E-state index contributed by atoms with van der Waals surface area (Å²) >= 11 is 0. The molecule has 6 heteroatoms. The smallest absolute Gasteiger partial charge is 0.395 e. The molecule has 1 unspecified atom stereocenters. The minimum atomic E-state index is -4.32. The van der Waals surface area contributed by atoms with Gasteiger partial charge in [0, 0.05) is 13.1 Å². The third-order valence-corrected chi connectivity index (χ3v) is 3.20. The third kappa shape index (κ3) is 3.68. The normalized spacial score (nSPS) is 21.6. The van der Waals surface area contributed by atoms with Crippen molar-refractivity contribution >= 4 is 0 Å². The summed E-state index contributed by atoms with van der Waals surface area (Å²) in [6.45, 7) is 1.89. The Morgan fingerprint density at radius 1 is 1.37 bits per heavy atom. The fourth-order valence-electron chi connectivity index (χ4n) is 2.15. The van der Waals surface area contributed by atoms with Gasteiger partial charge in [0.05, 0.1) is 31.4 Å². The average molecular weight is 275 g/mol. The summed E-state index contributed by atoms with van der Waals surface area (Å²) in [5, 5.41) is 9.22. The van der Waals surface area contributed by atoms with Gasteiger partial charge >= 0.3 is 6.18 Å². The lowest BCUT2D eigenvalue weighted by Gasteiger charge is -2.34. The van der Waals surface area contributed by atoms with Crippen LogP contribution in [0.3, 0.4) is 0 Å². The lowest BCUT2D eigenvalue weighted by atomic mass is 10.1. The summed E-state index contributed by atoms with van der Waals surface area (Å²) in [6.07, 6.45) is -4.32. The number of aliphatic hydroxyl groups excluding tert-OH is 1. The molecule has 2 rings (SSSR count). The van der Waals surface area contributed by atoms with Crippen LogP contribution in [-0.2, 0) is 17.5 Å². The second-order valence-corrected chi connectivity index (χ2v) is 4.58. The zero-order valence-corrected chi connectivity index (χ0v) is 10.4. The minimum Gasteiger partial charge on any atom is -0.395 e. The monoisotopic (exact) mass is 275 g/mol. The van der Waals surface area contributed by atoms with Crippen molar-refractivity contribution in [3.8, 4) is 0 Å². The zero-order chi connectivity index (χ0) is 13.9. The first kappa shape index (κ1) is 14.3. The first-order chi connectivity index (χ1) is 9.00. The van der Waals surface area contributed by atoms with E-state index in [9.17, 15) is 18.3 Å². The summed E-state index contributed by atoms with van der Waals surface area (Å²) in [6, 6.07) is 5.14. The molecule has 1 aliphatic heterocycles. The number of hydrogen-bond acceptors (Lipinski definition) is 3. The SMILES string of the molecule is OCC1COCCN1Cc1cccc(C(F)(F)F)c1. The number of rotatable bonds is 3. The van der Waals surface area contributed by atoms with Gasteiger partial charge in [0.1, 0.15) is 0 Å². The fraction of sp³-hybridized carbons (Fsp3) is 0.538. The quantitative estimate of drug-likeness (QED) is 0.914. The molecule has 1 saturated heterocycles. The van der Waals surface area contributed by atoms with Crippen LogP contribution in [0.15, 0.2) is 24.3 Å². The predicted octanol–water partition coefficient (Wildman–Crippen LogP) is 1.90. The first-order valence-corrected chi connectivity index (χ1v) is 6.09. The van der Waals surface area contributed by atoms with Gasteiger partial charge in [0.25, 0.3) is 0 Å². The van der Waals surface area contributed by atoms with Gasteiger partial charge in [-0.15, -0.1) is 0 Å². The molecule has 0 aromatic heterocycles. The maximum Gasteiger partial charge on any atom is 0.416 e. The van der Waals surface area contributed by atoms with Crippen molar-refractivity contribution in [1.29, 1.82) is 0 Å². The van der Waals surface area contributed by atoms with E-state index in [1.54, 1.807) is 6.07 Å². The van der Waals surface area contributed by atoms with Crippen molar-refractivity contribution in [1.82, 2.24) is 4.90 Å².